The summed E-state index contributed by atoms with van der Waals surface area (Å²) in [5, 5.41) is 0. The highest BCUT2D eigenvalue weighted by molar-refractivity contribution is 7.99. The standard InChI is InChI=1S/C20H22O4S.CHF3O3S/c1-3-21-13-15-23-17-5-9-19(10-6-17)25-20-11-7-18(8-12-20)24-16-14-22-4-2;2-1(3,4)8(5,6)7/h3-12H,1-2,13-16H2;(H,5,6,7). The lowest BCUT2D eigenvalue weighted by Crippen LogP contribution is -2.21. The fourth-order valence-electron chi connectivity index (χ4n) is 1.93. The minimum absolute atomic E-state index is 0.494. The zero-order chi connectivity index (χ0) is 24.7. The predicted octanol–water partition coefficient (Wildman–Crippen LogP) is 5.31. The minimum Gasteiger partial charge on any atom is -0.498 e. The van der Waals surface area contributed by atoms with Crippen LogP contribution in [0.3, 0.4) is 0 Å². The van der Waals surface area contributed by atoms with Crippen LogP contribution in [0.4, 0.5) is 13.2 Å². The highest BCUT2D eigenvalue weighted by atomic mass is 32.2. The first-order valence-electron chi connectivity index (χ1n) is 9.19. The lowest BCUT2D eigenvalue weighted by molar-refractivity contribution is -0.0510. The molecule has 0 saturated carbocycles. The van der Waals surface area contributed by atoms with Crippen LogP contribution in [0.15, 0.2) is 84.0 Å². The monoisotopic (exact) mass is 508 g/mol. The van der Waals surface area contributed by atoms with Gasteiger partial charge in [0.25, 0.3) is 0 Å². The molecule has 2 aromatic rings. The van der Waals surface area contributed by atoms with Crippen LogP contribution in [-0.2, 0) is 19.6 Å². The molecule has 2 aromatic carbocycles. The summed E-state index contributed by atoms with van der Waals surface area (Å²) in [6.45, 7) is 8.96. The summed E-state index contributed by atoms with van der Waals surface area (Å²) in [5.74, 6) is 1.64. The number of hydrogen-bond donors (Lipinski definition) is 1. The Morgan fingerprint density at radius 3 is 1.39 bits per heavy atom. The Labute approximate surface area is 194 Å². The Morgan fingerprint density at radius 2 is 1.12 bits per heavy atom. The maximum atomic E-state index is 10.7. The molecule has 0 aromatic heterocycles. The number of ether oxygens (including phenoxy) is 4. The molecule has 0 heterocycles. The van der Waals surface area contributed by atoms with Crippen LogP contribution >= 0.6 is 11.8 Å². The second-order valence-corrected chi connectivity index (χ2v) is 8.30. The Hall–Kier alpha value is -2.83. The van der Waals surface area contributed by atoms with Gasteiger partial charge in [0, 0.05) is 9.79 Å². The minimum atomic E-state index is -5.84. The van der Waals surface area contributed by atoms with E-state index < -0.39 is 15.6 Å². The van der Waals surface area contributed by atoms with Gasteiger partial charge >= 0.3 is 15.6 Å². The van der Waals surface area contributed by atoms with Gasteiger partial charge < -0.3 is 18.9 Å². The summed E-state index contributed by atoms with van der Waals surface area (Å²) in [5.41, 5.74) is -5.53. The predicted molar refractivity (Wildman–Crippen MR) is 118 cm³/mol. The summed E-state index contributed by atoms with van der Waals surface area (Å²) in [6, 6.07) is 15.9. The molecule has 7 nitrogen and oxygen atoms in total. The van der Waals surface area contributed by atoms with Gasteiger partial charge in [0.2, 0.25) is 0 Å². The van der Waals surface area contributed by atoms with Crippen LogP contribution in [0, 0.1) is 0 Å². The zero-order valence-electron chi connectivity index (χ0n) is 17.4. The van der Waals surface area contributed by atoms with Gasteiger partial charge in [0.05, 0.1) is 12.5 Å². The van der Waals surface area contributed by atoms with E-state index in [0.717, 1.165) is 21.3 Å². The van der Waals surface area contributed by atoms with Crippen molar-refractivity contribution in [2.75, 3.05) is 26.4 Å². The van der Waals surface area contributed by atoms with Crippen molar-refractivity contribution in [3.8, 4) is 11.5 Å². The Balaban J connectivity index is 0.000000582. The topological polar surface area (TPSA) is 91.3 Å². The first-order valence-corrected chi connectivity index (χ1v) is 11.4. The van der Waals surface area contributed by atoms with Gasteiger partial charge in [-0.1, -0.05) is 24.9 Å². The van der Waals surface area contributed by atoms with Crippen molar-refractivity contribution in [2.45, 2.75) is 15.3 Å². The Bertz CT molecular complexity index is 888. The van der Waals surface area contributed by atoms with E-state index >= 15 is 0 Å². The van der Waals surface area contributed by atoms with Crippen LogP contribution in [0.5, 0.6) is 11.5 Å². The van der Waals surface area contributed by atoms with Gasteiger partial charge in [-0.25, -0.2) is 0 Å². The van der Waals surface area contributed by atoms with Crippen LogP contribution in [0.1, 0.15) is 0 Å². The molecule has 0 aliphatic carbocycles. The van der Waals surface area contributed by atoms with Gasteiger partial charge in [0.15, 0.2) is 0 Å². The lowest BCUT2D eigenvalue weighted by Gasteiger charge is -2.08. The molecule has 33 heavy (non-hydrogen) atoms. The van der Waals surface area contributed by atoms with Crippen LogP contribution in [-0.4, -0.2) is 44.9 Å². The smallest absolute Gasteiger partial charge is 0.498 e. The molecule has 0 amide bonds. The summed E-state index contributed by atoms with van der Waals surface area (Å²) in [6.07, 6.45) is 2.82. The van der Waals surface area contributed by atoms with Crippen molar-refractivity contribution in [3.05, 3.63) is 74.2 Å². The molecule has 0 saturated heterocycles. The van der Waals surface area contributed by atoms with Crippen LogP contribution in [0.2, 0.25) is 0 Å². The molecule has 0 atom stereocenters. The van der Waals surface area contributed by atoms with Gasteiger partial charge in [-0.05, 0) is 48.5 Å². The number of rotatable bonds is 12. The molecule has 0 fully saturated rings. The fraction of sp³-hybridized carbons (Fsp3) is 0.238. The summed E-state index contributed by atoms with van der Waals surface area (Å²) < 4.78 is 78.7. The number of halogens is 3. The molecule has 12 heteroatoms. The van der Waals surface area contributed by atoms with Crippen molar-refractivity contribution < 1.29 is 45.1 Å². The van der Waals surface area contributed by atoms with Crippen LogP contribution in [0.25, 0.3) is 0 Å². The van der Waals surface area contributed by atoms with E-state index in [2.05, 4.69) is 13.2 Å². The third-order valence-electron chi connectivity index (χ3n) is 3.35. The second-order valence-electron chi connectivity index (χ2n) is 5.74. The van der Waals surface area contributed by atoms with Gasteiger partial charge in [-0.2, -0.15) is 21.6 Å². The molecule has 0 radical (unpaired) electrons. The SMILES string of the molecule is C=COCCOc1ccc(Sc2ccc(OCCOC=C)cc2)cc1.O=S(=O)(O)C(F)(F)F. The number of hydrogen-bond acceptors (Lipinski definition) is 7. The maximum absolute atomic E-state index is 10.7. The van der Waals surface area contributed by atoms with Gasteiger partial charge in [-0.3, -0.25) is 4.55 Å². The van der Waals surface area contributed by atoms with Crippen LogP contribution < -0.4 is 9.47 Å². The lowest BCUT2D eigenvalue weighted by atomic mass is 10.3. The summed E-state index contributed by atoms with van der Waals surface area (Å²) >= 11 is 1.68. The van der Waals surface area contributed by atoms with E-state index in [1.165, 1.54) is 12.5 Å². The molecule has 1 N–H and O–H groups in total. The van der Waals surface area contributed by atoms with Crippen molar-refractivity contribution in [3.63, 3.8) is 0 Å². The average Bonchev–Trinajstić information content (AvgIpc) is 2.76. The largest absolute Gasteiger partial charge is 0.522 e. The van der Waals surface area contributed by atoms with E-state index in [1.807, 2.05) is 48.5 Å². The molecular weight excluding hydrogens is 485 g/mol. The second kappa shape index (κ2) is 14.3. The molecule has 0 spiro atoms. The fourth-order valence-corrected chi connectivity index (χ4v) is 2.74. The third-order valence-corrected chi connectivity index (χ3v) is 4.95. The normalized spacial score (nSPS) is 10.9. The number of alkyl halides is 3. The summed E-state index contributed by atoms with van der Waals surface area (Å²) in [4.78, 5) is 2.28. The first kappa shape index (κ1) is 28.2. The van der Waals surface area contributed by atoms with E-state index in [0.29, 0.717) is 26.4 Å². The number of benzene rings is 2. The van der Waals surface area contributed by atoms with Crippen molar-refractivity contribution in [2.24, 2.45) is 0 Å². The maximum Gasteiger partial charge on any atom is 0.522 e. The van der Waals surface area contributed by atoms with E-state index in [1.54, 1.807) is 11.8 Å². The first-order chi connectivity index (χ1) is 15.6. The average molecular weight is 509 g/mol. The van der Waals surface area contributed by atoms with Crippen molar-refractivity contribution in [1.29, 1.82) is 0 Å². The highest BCUT2D eigenvalue weighted by Crippen LogP contribution is 2.30. The molecule has 0 aliphatic heterocycles. The van der Waals surface area contributed by atoms with Gasteiger partial charge in [0.1, 0.15) is 37.9 Å². The Kier molecular flexibility index (Phi) is 12.3. The Morgan fingerprint density at radius 1 is 0.788 bits per heavy atom. The van der Waals surface area contributed by atoms with Crippen molar-refractivity contribution in [1.82, 2.24) is 0 Å². The third kappa shape index (κ3) is 12.1. The molecule has 0 unspecified atom stereocenters. The van der Waals surface area contributed by atoms with Gasteiger partial charge in [-0.15, -0.1) is 0 Å². The molecular formula is C21H23F3O7S2. The molecule has 0 aliphatic rings. The summed E-state index contributed by atoms with van der Waals surface area (Å²) in [7, 11) is -5.84. The van der Waals surface area contributed by atoms with E-state index in [9.17, 15) is 13.2 Å². The van der Waals surface area contributed by atoms with Crippen molar-refractivity contribution >= 4 is 21.9 Å². The van der Waals surface area contributed by atoms with E-state index in [-0.39, 0.29) is 0 Å². The molecule has 2 rings (SSSR count). The zero-order valence-corrected chi connectivity index (χ0v) is 19.0. The molecule has 182 valence electrons. The quantitative estimate of drug-likeness (QED) is 0.179. The highest BCUT2D eigenvalue weighted by Gasteiger charge is 2.44. The molecule has 0 bridgehead atoms. The van der Waals surface area contributed by atoms with E-state index in [4.69, 9.17) is 31.9 Å².